The molecule has 0 spiro atoms. The SMILES string of the molecule is O=C(O)c1ccn2nc(CC3CCCCN3)nc2c1. The van der Waals surface area contributed by atoms with Gasteiger partial charge in [0.25, 0.3) is 0 Å². The second-order valence-electron chi connectivity index (χ2n) is 4.90. The summed E-state index contributed by atoms with van der Waals surface area (Å²) in [6.07, 6.45) is 6.06. The average Bonchev–Trinajstić information content (AvgIpc) is 2.80. The van der Waals surface area contributed by atoms with Gasteiger partial charge in [-0.05, 0) is 31.5 Å². The van der Waals surface area contributed by atoms with Gasteiger partial charge in [-0.25, -0.2) is 14.3 Å². The molecule has 3 rings (SSSR count). The number of carboxylic acids is 1. The Bertz CT molecular complexity index is 602. The average molecular weight is 260 g/mol. The number of hydrogen-bond acceptors (Lipinski definition) is 4. The molecule has 6 nitrogen and oxygen atoms in total. The lowest BCUT2D eigenvalue weighted by molar-refractivity contribution is 0.0697. The summed E-state index contributed by atoms with van der Waals surface area (Å²) in [4.78, 5) is 15.3. The van der Waals surface area contributed by atoms with Gasteiger partial charge in [-0.3, -0.25) is 0 Å². The van der Waals surface area contributed by atoms with Crippen LogP contribution in [0.2, 0.25) is 0 Å². The zero-order valence-corrected chi connectivity index (χ0v) is 10.5. The maximum absolute atomic E-state index is 10.9. The lowest BCUT2D eigenvalue weighted by atomic mass is 10.0. The van der Waals surface area contributed by atoms with Gasteiger partial charge < -0.3 is 10.4 Å². The third-order valence-electron chi connectivity index (χ3n) is 3.47. The van der Waals surface area contributed by atoms with E-state index in [0.29, 0.717) is 11.7 Å². The van der Waals surface area contributed by atoms with Gasteiger partial charge in [0.05, 0.1) is 5.56 Å². The van der Waals surface area contributed by atoms with Crippen LogP contribution in [0.25, 0.3) is 5.65 Å². The Kier molecular flexibility index (Phi) is 3.16. The molecule has 0 amide bonds. The molecule has 1 aliphatic heterocycles. The van der Waals surface area contributed by atoms with E-state index in [1.165, 1.54) is 18.9 Å². The molecular formula is C13H16N4O2. The molecule has 1 aliphatic rings. The molecule has 0 bridgehead atoms. The number of nitrogens with one attached hydrogen (secondary N) is 1. The van der Waals surface area contributed by atoms with Gasteiger partial charge in [0.1, 0.15) is 0 Å². The number of rotatable bonds is 3. The molecule has 2 aromatic rings. The summed E-state index contributed by atoms with van der Waals surface area (Å²) < 4.78 is 1.63. The van der Waals surface area contributed by atoms with Crippen LogP contribution in [-0.4, -0.2) is 38.3 Å². The van der Waals surface area contributed by atoms with Crippen molar-refractivity contribution >= 4 is 11.6 Å². The van der Waals surface area contributed by atoms with Crippen molar-refractivity contribution in [3.05, 3.63) is 29.7 Å². The molecule has 3 heterocycles. The highest BCUT2D eigenvalue weighted by atomic mass is 16.4. The van der Waals surface area contributed by atoms with Crippen molar-refractivity contribution < 1.29 is 9.90 Å². The number of aromatic carboxylic acids is 1. The van der Waals surface area contributed by atoms with Crippen LogP contribution in [0.3, 0.4) is 0 Å². The summed E-state index contributed by atoms with van der Waals surface area (Å²) in [6.45, 7) is 1.06. The highest BCUT2D eigenvalue weighted by Gasteiger charge is 2.16. The van der Waals surface area contributed by atoms with Crippen LogP contribution >= 0.6 is 0 Å². The maximum atomic E-state index is 10.9. The van der Waals surface area contributed by atoms with Gasteiger partial charge >= 0.3 is 5.97 Å². The van der Waals surface area contributed by atoms with Crippen molar-refractivity contribution in [2.75, 3.05) is 6.54 Å². The van der Waals surface area contributed by atoms with Gasteiger partial charge in [0.2, 0.25) is 0 Å². The summed E-state index contributed by atoms with van der Waals surface area (Å²) >= 11 is 0. The highest BCUT2D eigenvalue weighted by molar-refractivity contribution is 5.88. The van der Waals surface area contributed by atoms with Crippen LogP contribution in [0.5, 0.6) is 0 Å². The van der Waals surface area contributed by atoms with E-state index in [4.69, 9.17) is 5.11 Å². The van der Waals surface area contributed by atoms with Gasteiger partial charge in [-0.15, -0.1) is 0 Å². The number of hydrogen-bond donors (Lipinski definition) is 2. The quantitative estimate of drug-likeness (QED) is 0.864. The summed E-state index contributed by atoms with van der Waals surface area (Å²) in [5.74, 6) is -0.178. The highest BCUT2D eigenvalue weighted by Crippen LogP contribution is 2.12. The fourth-order valence-electron chi connectivity index (χ4n) is 2.47. The molecule has 0 radical (unpaired) electrons. The molecule has 1 saturated heterocycles. The molecule has 1 fully saturated rings. The molecule has 19 heavy (non-hydrogen) atoms. The monoisotopic (exact) mass is 260 g/mol. The predicted molar refractivity (Wildman–Crippen MR) is 69.3 cm³/mol. The smallest absolute Gasteiger partial charge is 0.335 e. The first-order valence-electron chi connectivity index (χ1n) is 6.54. The summed E-state index contributed by atoms with van der Waals surface area (Å²) in [7, 11) is 0. The topological polar surface area (TPSA) is 79.5 Å². The number of carboxylic acid groups (broad SMARTS) is 1. The molecule has 1 atom stereocenters. The second-order valence-corrected chi connectivity index (χ2v) is 4.90. The zero-order chi connectivity index (χ0) is 13.2. The lowest BCUT2D eigenvalue weighted by Gasteiger charge is -2.21. The molecule has 1 unspecified atom stereocenters. The van der Waals surface area contributed by atoms with Crippen LogP contribution in [-0.2, 0) is 6.42 Å². The number of fused-ring (bicyclic) bond motifs is 1. The molecule has 0 saturated carbocycles. The normalized spacial score (nSPS) is 19.7. The van der Waals surface area contributed by atoms with E-state index in [2.05, 4.69) is 15.4 Å². The molecule has 0 aromatic carbocycles. The molecule has 0 aliphatic carbocycles. The van der Waals surface area contributed by atoms with E-state index in [1.807, 2.05) is 0 Å². The first-order valence-corrected chi connectivity index (χ1v) is 6.54. The number of carbonyl (C=O) groups is 1. The second kappa shape index (κ2) is 4.97. The minimum atomic E-state index is -0.944. The fourth-order valence-corrected chi connectivity index (χ4v) is 2.47. The van der Waals surface area contributed by atoms with Crippen molar-refractivity contribution in [2.24, 2.45) is 0 Å². The molecule has 6 heteroatoms. The van der Waals surface area contributed by atoms with Crippen LogP contribution in [0, 0.1) is 0 Å². The minimum Gasteiger partial charge on any atom is -0.478 e. The first kappa shape index (κ1) is 12.1. The van der Waals surface area contributed by atoms with E-state index >= 15 is 0 Å². The lowest BCUT2D eigenvalue weighted by Crippen LogP contribution is -2.35. The Morgan fingerprint density at radius 1 is 1.53 bits per heavy atom. The predicted octanol–water partition coefficient (Wildman–Crippen LogP) is 1.11. The van der Waals surface area contributed by atoms with Crippen molar-refractivity contribution in [1.82, 2.24) is 19.9 Å². The molecular weight excluding hydrogens is 244 g/mol. The third kappa shape index (κ3) is 2.58. The number of aromatic nitrogens is 3. The number of pyridine rings is 1. The van der Waals surface area contributed by atoms with Gasteiger partial charge in [0.15, 0.2) is 11.5 Å². The van der Waals surface area contributed by atoms with E-state index in [1.54, 1.807) is 16.8 Å². The zero-order valence-electron chi connectivity index (χ0n) is 10.5. The summed E-state index contributed by atoms with van der Waals surface area (Å²) in [5, 5.41) is 16.8. The Morgan fingerprint density at radius 2 is 2.42 bits per heavy atom. The maximum Gasteiger partial charge on any atom is 0.335 e. The van der Waals surface area contributed by atoms with Crippen molar-refractivity contribution in [3.8, 4) is 0 Å². The molecule has 100 valence electrons. The van der Waals surface area contributed by atoms with Crippen LogP contribution in [0.4, 0.5) is 0 Å². The van der Waals surface area contributed by atoms with E-state index < -0.39 is 5.97 Å². The van der Waals surface area contributed by atoms with Crippen LogP contribution in [0.1, 0.15) is 35.4 Å². The Balaban J connectivity index is 1.82. The molecule has 2 aromatic heterocycles. The van der Waals surface area contributed by atoms with E-state index in [-0.39, 0.29) is 5.56 Å². The van der Waals surface area contributed by atoms with Crippen molar-refractivity contribution in [2.45, 2.75) is 31.7 Å². The fraction of sp³-hybridized carbons (Fsp3) is 0.462. The van der Waals surface area contributed by atoms with Crippen LogP contribution in [0.15, 0.2) is 18.3 Å². The Labute approximate surface area is 110 Å². The number of nitrogens with zero attached hydrogens (tertiary/aromatic N) is 3. The minimum absolute atomic E-state index is 0.238. The van der Waals surface area contributed by atoms with Gasteiger partial charge in [0, 0.05) is 18.7 Å². The summed E-state index contributed by atoms with van der Waals surface area (Å²) in [6, 6.07) is 3.52. The number of piperidine rings is 1. The van der Waals surface area contributed by atoms with Gasteiger partial charge in [-0.1, -0.05) is 6.42 Å². The molecule has 2 N–H and O–H groups in total. The third-order valence-corrected chi connectivity index (χ3v) is 3.47. The van der Waals surface area contributed by atoms with Gasteiger partial charge in [-0.2, -0.15) is 5.10 Å². The summed E-state index contributed by atoms with van der Waals surface area (Å²) in [5.41, 5.74) is 0.827. The van der Waals surface area contributed by atoms with E-state index in [0.717, 1.165) is 25.2 Å². The Morgan fingerprint density at radius 3 is 3.16 bits per heavy atom. The van der Waals surface area contributed by atoms with Crippen LogP contribution < -0.4 is 5.32 Å². The standard InChI is InChI=1S/C13H16N4O2/c18-13(19)9-4-6-17-12(7-9)15-11(16-17)8-10-3-1-2-5-14-10/h4,6-7,10,14H,1-3,5,8H2,(H,18,19). The first-order chi connectivity index (χ1) is 9.22. The van der Waals surface area contributed by atoms with Crippen molar-refractivity contribution in [1.29, 1.82) is 0 Å². The van der Waals surface area contributed by atoms with E-state index in [9.17, 15) is 4.79 Å². The van der Waals surface area contributed by atoms with Crippen molar-refractivity contribution in [3.63, 3.8) is 0 Å². The largest absolute Gasteiger partial charge is 0.478 e. The Hall–Kier alpha value is -1.95.